The second-order valence-corrected chi connectivity index (χ2v) is 4.82. The Morgan fingerprint density at radius 3 is 2.20 bits per heavy atom. The predicted octanol–water partition coefficient (Wildman–Crippen LogP) is 5.10. The Labute approximate surface area is 119 Å². The molecule has 2 N–H and O–H groups in total. The number of aromatic hydroxyl groups is 2. The summed E-state index contributed by atoms with van der Waals surface area (Å²) in [6.45, 7) is 9.84. The summed E-state index contributed by atoms with van der Waals surface area (Å²) in [5.74, 6) is -0.283. The zero-order chi connectivity index (χ0) is 15.4. The smallest absolute Gasteiger partial charge is 0.130 e. The molecule has 0 radical (unpaired) electrons. The first-order valence-corrected chi connectivity index (χ1v) is 7.12. The number of aryl methyl sites for hydroxylation is 1. The van der Waals surface area contributed by atoms with E-state index >= 15 is 0 Å². The number of fused-ring (bicyclic) bond motifs is 1. The normalized spacial score (nSPS) is 10.6. The number of rotatable bonds is 2. The van der Waals surface area contributed by atoms with E-state index in [-0.39, 0.29) is 17.4 Å². The van der Waals surface area contributed by atoms with Gasteiger partial charge >= 0.3 is 0 Å². The fourth-order valence-electron chi connectivity index (χ4n) is 2.39. The van der Waals surface area contributed by atoms with Gasteiger partial charge in [0, 0.05) is 11.5 Å². The van der Waals surface area contributed by atoms with E-state index in [9.17, 15) is 14.6 Å². The van der Waals surface area contributed by atoms with Crippen molar-refractivity contribution < 1.29 is 14.6 Å². The summed E-state index contributed by atoms with van der Waals surface area (Å²) in [5, 5.41) is 20.8. The summed E-state index contributed by atoms with van der Waals surface area (Å²) in [5.41, 5.74) is 1.45. The molecular weight excluding hydrogens is 255 g/mol. The monoisotopic (exact) mass is 278 g/mol. The van der Waals surface area contributed by atoms with Crippen molar-refractivity contribution in [2.75, 3.05) is 0 Å². The van der Waals surface area contributed by atoms with Gasteiger partial charge in [-0.05, 0) is 41.0 Å². The fourth-order valence-corrected chi connectivity index (χ4v) is 2.39. The molecule has 2 rings (SSSR count). The van der Waals surface area contributed by atoms with Crippen molar-refractivity contribution in [1.82, 2.24) is 0 Å². The number of benzene rings is 2. The van der Waals surface area contributed by atoms with Crippen LogP contribution in [0.3, 0.4) is 0 Å². The van der Waals surface area contributed by atoms with E-state index in [2.05, 4.69) is 0 Å². The minimum absolute atomic E-state index is 0.0927. The highest BCUT2D eigenvalue weighted by Gasteiger charge is 2.16. The van der Waals surface area contributed by atoms with Crippen molar-refractivity contribution in [2.24, 2.45) is 0 Å². The molecule has 0 bridgehead atoms. The molecule has 0 unspecified atom stereocenters. The van der Waals surface area contributed by atoms with E-state index in [1.54, 1.807) is 6.07 Å². The lowest BCUT2D eigenvalue weighted by atomic mass is 9.91. The first-order chi connectivity index (χ1) is 9.45. The molecule has 0 atom stereocenters. The van der Waals surface area contributed by atoms with Crippen molar-refractivity contribution in [3.63, 3.8) is 0 Å². The molecule has 0 saturated carbocycles. The van der Waals surface area contributed by atoms with Crippen LogP contribution in [0.15, 0.2) is 18.2 Å². The maximum Gasteiger partial charge on any atom is 0.130 e. The standard InChI is InChI=1S/C15H17FO2.C2H6/c1-4-10-13(16)7-14(18)12-6-9(17)5-11(8(2)3)15(10)12;1-2/h5-8,17-18H,4H2,1-3H3;1-2H3. The van der Waals surface area contributed by atoms with E-state index in [1.807, 2.05) is 34.6 Å². The van der Waals surface area contributed by atoms with Crippen LogP contribution in [0.25, 0.3) is 10.8 Å². The van der Waals surface area contributed by atoms with Crippen molar-refractivity contribution in [3.8, 4) is 11.5 Å². The van der Waals surface area contributed by atoms with Crippen LogP contribution in [0.4, 0.5) is 4.39 Å². The Bertz CT molecular complexity index is 604. The molecule has 0 heterocycles. The van der Waals surface area contributed by atoms with Crippen LogP contribution >= 0.6 is 0 Å². The van der Waals surface area contributed by atoms with Crippen LogP contribution in [0.2, 0.25) is 0 Å². The largest absolute Gasteiger partial charge is 0.508 e. The molecule has 0 saturated heterocycles. The third-order valence-electron chi connectivity index (χ3n) is 3.26. The predicted molar refractivity (Wildman–Crippen MR) is 82.1 cm³/mol. The number of phenolic OH excluding ortho intramolecular Hbond substituents is 2. The highest BCUT2D eigenvalue weighted by atomic mass is 19.1. The van der Waals surface area contributed by atoms with Crippen LogP contribution < -0.4 is 0 Å². The Morgan fingerprint density at radius 1 is 1.10 bits per heavy atom. The number of halogens is 1. The van der Waals surface area contributed by atoms with Gasteiger partial charge in [-0.3, -0.25) is 0 Å². The Morgan fingerprint density at radius 2 is 1.70 bits per heavy atom. The lowest BCUT2D eigenvalue weighted by Crippen LogP contribution is -1.97. The summed E-state index contributed by atoms with van der Waals surface area (Å²) in [6, 6.07) is 4.24. The minimum Gasteiger partial charge on any atom is -0.508 e. The van der Waals surface area contributed by atoms with E-state index in [1.165, 1.54) is 6.07 Å². The SMILES string of the molecule is CC.CCc1c(F)cc(O)c2cc(O)cc(C(C)C)c12. The Balaban J connectivity index is 0.000000956. The van der Waals surface area contributed by atoms with Crippen molar-refractivity contribution >= 4 is 10.8 Å². The van der Waals surface area contributed by atoms with Gasteiger partial charge in [0.05, 0.1) is 0 Å². The summed E-state index contributed by atoms with van der Waals surface area (Å²) in [7, 11) is 0. The van der Waals surface area contributed by atoms with Gasteiger partial charge in [0.2, 0.25) is 0 Å². The maximum atomic E-state index is 13.9. The highest BCUT2D eigenvalue weighted by Crippen LogP contribution is 2.38. The molecule has 0 amide bonds. The number of hydrogen-bond donors (Lipinski definition) is 2. The van der Waals surface area contributed by atoms with Crippen LogP contribution in [-0.4, -0.2) is 10.2 Å². The lowest BCUT2D eigenvalue weighted by Gasteiger charge is -2.16. The topological polar surface area (TPSA) is 40.5 Å². The molecule has 2 nitrogen and oxygen atoms in total. The molecule has 0 aliphatic heterocycles. The molecule has 110 valence electrons. The molecular formula is C17H23FO2. The van der Waals surface area contributed by atoms with Crippen LogP contribution in [0.1, 0.15) is 51.7 Å². The lowest BCUT2D eigenvalue weighted by molar-refractivity contribution is 0.467. The van der Waals surface area contributed by atoms with E-state index in [0.717, 1.165) is 17.0 Å². The average Bonchev–Trinajstić information content (AvgIpc) is 2.41. The third kappa shape index (κ3) is 2.87. The molecule has 0 fully saturated rings. The third-order valence-corrected chi connectivity index (χ3v) is 3.26. The molecule has 3 heteroatoms. The van der Waals surface area contributed by atoms with Crippen LogP contribution in [0.5, 0.6) is 11.5 Å². The molecule has 20 heavy (non-hydrogen) atoms. The zero-order valence-electron chi connectivity index (χ0n) is 12.8. The first-order valence-electron chi connectivity index (χ1n) is 7.12. The van der Waals surface area contributed by atoms with E-state index < -0.39 is 5.82 Å². The molecule has 2 aromatic carbocycles. The van der Waals surface area contributed by atoms with Gasteiger partial charge < -0.3 is 10.2 Å². The number of hydrogen-bond acceptors (Lipinski definition) is 2. The van der Waals surface area contributed by atoms with Gasteiger partial charge in [0.15, 0.2) is 0 Å². The first kappa shape index (κ1) is 16.3. The average molecular weight is 278 g/mol. The molecule has 2 aromatic rings. The Kier molecular flexibility index (Phi) is 5.37. The highest BCUT2D eigenvalue weighted by molar-refractivity contribution is 5.95. The van der Waals surface area contributed by atoms with E-state index in [4.69, 9.17) is 0 Å². The second-order valence-electron chi connectivity index (χ2n) is 4.82. The van der Waals surface area contributed by atoms with E-state index in [0.29, 0.717) is 17.4 Å². The summed E-state index contributed by atoms with van der Waals surface area (Å²) in [4.78, 5) is 0. The minimum atomic E-state index is -0.393. The van der Waals surface area contributed by atoms with Crippen LogP contribution in [-0.2, 0) is 6.42 Å². The summed E-state index contributed by atoms with van der Waals surface area (Å²) < 4.78 is 13.9. The van der Waals surface area contributed by atoms with Gasteiger partial charge in [0.1, 0.15) is 17.3 Å². The van der Waals surface area contributed by atoms with Gasteiger partial charge in [-0.15, -0.1) is 0 Å². The zero-order valence-corrected chi connectivity index (χ0v) is 12.8. The molecule has 0 spiro atoms. The van der Waals surface area contributed by atoms with Gasteiger partial charge in [0.25, 0.3) is 0 Å². The van der Waals surface area contributed by atoms with Crippen molar-refractivity contribution in [2.45, 2.75) is 47.0 Å². The fraction of sp³-hybridized carbons (Fsp3) is 0.412. The molecule has 0 aliphatic rings. The van der Waals surface area contributed by atoms with Gasteiger partial charge in [-0.1, -0.05) is 34.6 Å². The second kappa shape index (κ2) is 6.60. The quantitative estimate of drug-likeness (QED) is 0.802. The molecule has 0 aromatic heterocycles. The Hall–Kier alpha value is -1.77. The summed E-state index contributed by atoms with van der Waals surface area (Å²) in [6.07, 6.45) is 0.549. The van der Waals surface area contributed by atoms with Gasteiger partial charge in [-0.25, -0.2) is 4.39 Å². The van der Waals surface area contributed by atoms with Gasteiger partial charge in [-0.2, -0.15) is 0 Å². The van der Waals surface area contributed by atoms with Crippen LogP contribution in [0, 0.1) is 5.82 Å². The maximum absolute atomic E-state index is 13.9. The van der Waals surface area contributed by atoms with Crippen molar-refractivity contribution in [3.05, 3.63) is 35.1 Å². The molecule has 0 aliphatic carbocycles. The van der Waals surface area contributed by atoms with Crippen molar-refractivity contribution in [1.29, 1.82) is 0 Å². The summed E-state index contributed by atoms with van der Waals surface area (Å²) >= 11 is 0. The number of phenols is 2.